The zero-order chi connectivity index (χ0) is 34.2. The van der Waals surface area contributed by atoms with E-state index in [-0.39, 0.29) is 11.9 Å². The van der Waals surface area contributed by atoms with E-state index < -0.39 is 0 Å². The minimum Gasteiger partial charge on any atom is -0.465 e. The summed E-state index contributed by atoms with van der Waals surface area (Å²) in [6.45, 7) is 5.85. The van der Waals surface area contributed by atoms with Crippen molar-refractivity contribution >= 4 is 68.5 Å². The van der Waals surface area contributed by atoms with E-state index in [1.54, 1.807) is 6.07 Å². The number of aryl methyl sites for hydroxylation is 2. The Labute approximate surface area is 299 Å². The zero-order valence-corrected chi connectivity index (χ0v) is 32.1. The van der Waals surface area contributed by atoms with Crippen LogP contribution in [0.2, 0.25) is 0 Å². The van der Waals surface area contributed by atoms with Crippen molar-refractivity contribution in [2.45, 2.75) is 78.1 Å². The zero-order valence-electron chi connectivity index (χ0n) is 28.3. The van der Waals surface area contributed by atoms with Crippen molar-refractivity contribution in [3.8, 4) is 0 Å². The quantitative estimate of drug-likeness (QED) is 0.0686. The first kappa shape index (κ1) is 40.2. The Kier molecular flexibility index (Phi) is 18.4. The number of esters is 2. The number of nitrogens with one attached hydrogen (secondary N) is 1. The van der Waals surface area contributed by atoms with E-state index >= 15 is 0 Å². The first-order valence-electron chi connectivity index (χ1n) is 15.9. The maximum Gasteiger partial charge on any atom is 0.338 e. The molecule has 3 N–H and O–H groups in total. The number of halogens is 1. The minimum atomic E-state index is -0.342. The second-order valence-electron chi connectivity index (χ2n) is 11.9. The van der Waals surface area contributed by atoms with Crippen molar-refractivity contribution < 1.29 is 23.8 Å². The summed E-state index contributed by atoms with van der Waals surface area (Å²) in [7, 11) is 2.77. The van der Waals surface area contributed by atoms with E-state index in [4.69, 9.17) is 37.6 Å². The topological polar surface area (TPSA) is 112 Å². The molecule has 2 saturated carbocycles. The number of methoxy groups -OCH3 is 2. The summed E-state index contributed by atoms with van der Waals surface area (Å²) < 4.78 is 14.5. The fraction of sp³-hybridized carbons (Fsp3) is 0.556. The minimum absolute atomic E-state index is 0.326. The van der Waals surface area contributed by atoms with Crippen LogP contribution < -0.4 is 5.73 Å². The average molecular weight is 783 g/mol. The number of benzene rings is 2. The molecule has 254 valence electrons. The van der Waals surface area contributed by atoms with E-state index in [9.17, 15) is 9.59 Å². The van der Waals surface area contributed by atoms with Crippen molar-refractivity contribution in [1.29, 1.82) is 5.41 Å². The molecule has 0 atom stereocenters. The summed E-state index contributed by atoms with van der Waals surface area (Å²) in [4.78, 5) is 25.8. The molecule has 0 aromatic heterocycles. The van der Waals surface area contributed by atoms with Crippen LogP contribution in [0.25, 0.3) is 0 Å². The lowest BCUT2D eigenvalue weighted by Crippen LogP contribution is -2.19. The number of hydrogen-bond donors (Lipinski definition) is 2. The summed E-state index contributed by atoms with van der Waals surface area (Å²) >= 11 is 8.67. The van der Waals surface area contributed by atoms with Gasteiger partial charge in [-0.15, -0.1) is 11.8 Å². The average Bonchev–Trinajstić information content (AvgIpc) is 3.61. The van der Waals surface area contributed by atoms with Crippen molar-refractivity contribution in [2.24, 2.45) is 17.6 Å². The Bertz CT molecular complexity index is 1330. The molecule has 0 radical (unpaired) electrons. The molecule has 1 heterocycles. The third-order valence-electron chi connectivity index (χ3n) is 8.72. The molecular formula is C36H51IN2O5S2. The second-order valence-corrected chi connectivity index (χ2v) is 13.1. The molecular weight excluding hydrogens is 731 g/mol. The number of rotatable bonds is 8. The van der Waals surface area contributed by atoms with E-state index in [2.05, 4.69) is 28.7 Å². The van der Waals surface area contributed by atoms with E-state index in [1.165, 1.54) is 82.9 Å². The molecule has 10 heteroatoms. The fourth-order valence-electron chi connectivity index (χ4n) is 5.61. The van der Waals surface area contributed by atoms with Crippen LogP contribution in [0.3, 0.4) is 0 Å². The highest BCUT2D eigenvalue weighted by atomic mass is 127. The van der Waals surface area contributed by atoms with Crippen LogP contribution in [-0.4, -0.2) is 60.6 Å². The van der Waals surface area contributed by atoms with Crippen LogP contribution in [0.4, 0.5) is 0 Å². The summed E-state index contributed by atoms with van der Waals surface area (Å²) in [6, 6.07) is 7.69. The van der Waals surface area contributed by atoms with Gasteiger partial charge in [-0.3, -0.25) is 5.41 Å². The van der Waals surface area contributed by atoms with Gasteiger partial charge in [0.25, 0.3) is 0 Å². The molecule has 46 heavy (non-hydrogen) atoms. The number of alkyl halides is 1. The van der Waals surface area contributed by atoms with E-state index in [1.807, 2.05) is 37.2 Å². The van der Waals surface area contributed by atoms with Crippen LogP contribution in [0.15, 0.2) is 24.3 Å². The Morgan fingerprint density at radius 1 is 0.826 bits per heavy atom. The lowest BCUT2D eigenvalue weighted by Gasteiger charge is -2.26. The highest BCUT2D eigenvalue weighted by Crippen LogP contribution is 2.33. The largest absolute Gasteiger partial charge is 0.465 e. The number of carbonyl (C=O) groups is 2. The SMILES string of the molecule is C1CCOC1.CI.COC(=O)c1cc(C(=N)SC)c(CC2CCC2)cc1C.COC(=O)c1cc(C(N)=S)c(CC2CCC2)cc1C. The molecule has 0 bridgehead atoms. The Balaban J connectivity index is 0.000000265. The van der Waals surface area contributed by atoms with Gasteiger partial charge in [-0.1, -0.05) is 85.5 Å². The number of ether oxygens (including phenoxy) is 3. The molecule has 1 aliphatic heterocycles. The van der Waals surface area contributed by atoms with Gasteiger partial charge in [0.05, 0.1) is 30.4 Å². The molecule has 2 aromatic carbocycles. The number of thiocarbonyl (C=S) groups is 1. The second kappa shape index (κ2) is 21.1. The van der Waals surface area contributed by atoms with E-state index in [0.29, 0.717) is 21.2 Å². The molecule has 3 fully saturated rings. The number of carbonyl (C=O) groups excluding carboxylic acids is 2. The summed E-state index contributed by atoms with van der Waals surface area (Å²) in [5, 5.41) is 8.63. The Hall–Kier alpha value is -2.02. The third kappa shape index (κ3) is 11.9. The first-order valence-corrected chi connectivity index (χ1v) is 19.7. The Morgan fingerprint density at radius 3 is 1.54 bits per heavy atom. The van der Waals surface area contributed by atoms with Crippen molar-refractivity contribution in [1.82, 2.24) is 0 Å². The highest BCUT2D eigenvalue weighted by molar-refractivity contribution is 14.1. The summed E-state index contributed by atoms with van der Waals surface area (Å²) in [6.07, 6.45) is 14.2. The number of hydrogen-bond acceptors (Lipinski definition) is 8. The van der Waals surface area contributed by atoms with Crippen molar-refractivity contribution in [3.05, 3.63) is 68.8 Å². The van der Waals surface area contributed by atoms with Crippen LogP contribution in [0.1, 0.15) is 105 Å². The molecule has 2 aromatic rings. The molecule has 1 saturated heterocycles. The molecule has 0 unspecified atom stereocenters. The van der Waals surface area contributed by atoms with Crippen LogP contribution in [-0.2, 0) is 27.1 Å². The predicted octanol–water partition coefficient (Wildman–Crippen LogP) is 8.42. The predicted molar refractivity (Wildman–Crippen MR) is 203 cm³/mol. The number of thioether (sulfide) groups is 1. The van der Waals surface area contributed by atoms with Crippen LogP contribution >= 0.6 is 46.6 Å². The van der Waals surface area contributed by atoms with Crippen LogP contribution in [0, 0.1) is 31.1 Å². The lowest BCUT2D eigenvalue weighted by atomic mass is 9.79. The molecule has 5 rings (SSSR count). The van der Waals surface area contributed by atoms with Gasteiger partial charge in [0.1, 0.15) is 4.99 Å². The van der Waals surface area contributed by atoms with Gasteiger partial charge in [-0.25, -0.2) is 9.59 Å². The molecule has 2 aliphatic carbocycles. The Morgan fingerprint density at radius 2 is 1.24 bits per heavy atom. The maximum atomic E-state index is 11.8. The van der Waals surface area contributed by atoms with Gasteiger partial charge in [0.15, 0.2) is 0 Å². The van der Waals surface area contributed by atoms with Gasteiger partial charge in [-0.2, -0.15) is 0 Å². The van der Waals surface area contributed by atoms with Gasteiger partial charge >= 0.3 is 11.9 Å². The standard InChI is InChI=1S/C16H21NO2S.C15H19NO2S.C4H8O.CH3I/c1-10-7-12(8-11-5-4-6-11)14(15(17)20-3)9-13(10)16(18)19-2;1-9-6-11(7-10-4-3-5-10)13(14(16)19)8-12(9)15(17)18-2;1-2-4-5-3-1;1-2/h7,9,11,17H,4-6,8H2,1-3H3;6,8,10H,3-5,7H2,1-2H3,(H2,16,19);1-4H2;1H3. The molecule has 0 amide bonds. The maximum absolute atomic E-state index is 11.8. The third-order valence-corrected chi connectivity index (χ3v) is 9.57. The van der Waals surface area contributed by atoms with Gasteiger partial charge in [-0.05, 0) is 96.9 Å². The summed E-state index contributed by atoms with van der Waals surface area (Å²) in [5.74, 6) is 0.807. The monoisotopic (exact) mass is 782 g/mol. The normalized spacial score (nSPS) is 15.3. The smallest absolute Gasteiger partial charge is 0.338 e. The van der Waals surface area contributed by atoms with Crippen molar-refractivity contribution in [3.63, 3.8) is 0 Å². The van der Waals surface area contributed by atoms with Crippen LogP contribution in [0.5, 0.6) is 0 Å². The van der Waals surface area contributed by atoms with Gasteiger partial charge in [0.2, 0.25) is 0 Å². The molecule has 7 nitrogen and oxygen atoms in total. The van der Waals surface area contributed by atoms with E-state index in [0.717, 1.165) is 65.7 Å². The number of nitrogens with two attached hydrogens (primary N) is 1. The molecule has 3 aliphatic rings. The van der Waals surface area contributed by atoms with Gasteiger partial charge in [0, 0.05) is 24.3 Å². The van der Waals surface area contributed by atoms with Crippen molar-refractivity contribution in [2.75, 3.05) is 38.6 Å². The summed E-state index contributed by atoms with van der Waals surface area (Å²) in [5.41, 5.74) is 12.8. The fourth-order valence-corrected chi connectivity index (χ4v) is 6.21. The van der Waals surface area contributed by atoms with Gasteiger partial charge < -0.3 is 19.9 Å². The highest BCUT2D eigenvalue weighted by Gasteiger charge is 2.23. The lowest BCUT2D eigenvalue weighted by molar-refractivity contribution is 0.0591. The molecule has 0 spiro atoms. The first-order chi connectivity index (χ1) is 22.1.